The third-order valence-electron chi connectivity index (χ3n) is 2.54. The van der Waals surface area contributed by atoms with E-state index in [4.69, 9.17) is 10.7 Å². The van der Waals surface area contributed by atoms with Gasteiger partial charge in [0.2, 0.25) is 0 Å². The Kier molecular flexibility index (Phi) is 4.00. The molecule has 18 heavy (non-hydrogen) atoms. The fourth-order valence-corrected chi connectivity index (χ4v) is 2.82. The predicted octanol–water partition coefficient (Wildman–Crippen LogP) is 4.00. The summed E-state index contributed by atoms with van der Waals surface area (Å²) in [5.41, 5.74) is 1.80. The van der Waals surface area contributed by atoms with Gasteiger partial charge in [0.25, 0.3) is 9.05 Å². The van der Waals surface area contributed by atoms with Crippen molar-refractivity contribution in [1.82, 2.24) is 0 Å². The molecule has 2 nitrogen and oxygen atoms in total. The van der Waals surface area contributed by atoms with Crippen LogP contribution in [0.2, 0.25) is 0 Å². The molecule has 0 saturated heterocycles. The number of halogens is 1. The highest BCUT2D eigenvalue weighted by atomic mass is 35.7. The van der Waals surface area contributed by atoms with Crippen LogP contribution in [-0.4, -0.2) is 14.7 Å². The fourth-order valence-electron chi connectivity index (χ4n) is 1.61. The molecule has 0 fully saturated rings. The molecule has 0 N–H and O–H groups in total. The molecule has 5 heteroatoms. The zero-order valence-corrected chi connectivity index (χ0v) is 12.0. The normalized spacial score (nSPS) is 11.4. The SMILES string of the molecule is CSc1ccc(-c2cccc(S(=O)(=O)Cl)c2)cc1. The van der Waals surface area contributed by atoms with Crippen LogP contribution in [0, 0.1) is 0 Å². The summed E-state index contributed by atoms with van der Waals surface area (Å²) in [7, 11) is 1.66. The Hall–Kier alpha value is -0.970. The summed E-state index contributed by atoms with van der Waals surface area (Å²) in [5, 5.41) is 0. The van der Waals surface area contributed by atoms with Gasteiger partial charge in [-0.15, -0.1) is 11.8 Å². The second-order valence-corrected chi connectivity index (χ2v) is 7.14. The van der Waals surface area contributed by atoms with E-state index in [-0.39, 0.29) is 4.90 Å². The molecule has 2 aromatic rings. The number of benzene rings is 2. The monoisotopic (exact) mass is 298 g/mol. The van der Waals surface area contributed by atoms with Crippen LogP contribution in [0.5, 0.6) is 0 Å². The lowest BCUT2D eigenvalue weighted by Gasteiger charge is -2.04. The van der Waals surface area contributed by atoms with Crippen LogP contribution in [0.3, 0.4) is 0 Å². The maximum absolute atomic E-state index is 11.3. The molecular formula is C13H11ClO2S2. The number of thioether (sulfide) groups is 1. The smallest absolute Gasteiger partial charge is 0.207 e. The first kappa shape index (κ1) is 13.5. The minimum absolute atomic E-state index is 0.121. The highest BCUT2D eigenvalue weighted by molar-refractivity contribution is 8.13. The molecule has 0 radical (unpaired) electrons. The average Bonchev–Trinajstić information content (AvgIpc) is 2.38. The summed E-state index contributed by atoms with van der Waals surface area (Å²) in [6, 6.07) is 14.5. The zero-order valence-electron chi connectivity index (χ0n) is 9.63. The molecule has 0 atom stereocenters. The summed E-state index contributed by atoms with van der Waals surface area (Å²) in [6.45, 7) is 0. The maximum atomic E-state index is 11.3. The third kappa shape index (κ3) is 3.07. The molecule has 0 unspecified atom stereocenters. The highest BCUT2D eigenvalue weighted by Gasteiger charge is 2.10. The van der Waals surface area contributed by atoms with Gasteiger partial charge >= 0.3 is 0 Å². The second kappa shape index (κ2) is 5.34. The van der Waals surface area contributed by atoms with E-state index in [2.05, 4.69) is 0 Å². The lowest BCUT2D eigenvalue weighted by atomic mass is 10.1. The minimum atomic E-state index is -3.68. The number of hydrogen-bond acceptors (Lipinski definition) is 3. The highest BCUT2D eigenvalue weighted by Crippen LogP contribution is 2.26. The van der Waals surface area contributed by atoms with Crippen LogP contribution < -0.4 is 0 Å². The van der Waals surface area contributed by atoms with Gasteiger partial charge in [0.05, 0.1) is 4.90 Å². The molecule has 0 saturated carbocycles. The lowest BCUT2D eigenvalue weighted by Crippen LogP contribution is -1.90. The van der Waals surface area contributed by atoms with E-state index in [9.17, 15) is 8.42 Å². The Morgan fingerprint density at radius 2 is 1.67 bits per heavy atom. The van der Waals surface area contributed by atoms with Crippen LogP contribution in [0.15, 0.2) is 58.3 Å². The van der Waals surface area contributed by atoms with Gasteiger partial charge in [-0.3, -0.25) is 0 Å². The van der Waals surface area contributed by atoms with Crippen molar-refractivity contribution in [3.05, 3.63) is 48.5 Å². The van der Waals surface area contributed by atoms with Gasteiger partial charge in [-0.05, 0) is 41.6 Å². The molecule has 2 rings (SSSR count). The van der Waals surface area contributed by atoms with E-state index in [1.54, 1.807) is 23.9 Å². The van der Waals surface area contributed by atoms with Crippen molar-refractivity contribution in [2.45, 2.75) is 9.79 Å². The zero-order chi connectivity index (χ0) is 13.2. The topological polar surface area (TPSA) is 34.1 Å². The van der Waals surface area contributed by atoms with Crippen molar-refractivity contribution in [1.29, 1.82) is 0 Å². The Bertz CT molecular complexity index is 649. The fraction of sp³-hybridized carbons (Fsp3) is 0.0769. The first-order valence-corrected chi connectivity index (χ1v) is 8.73. The van der Waals surface area contributed by atoms with E-state index in [1.165, 1.54) is 11.0 Å². The van der Waals surface area contributed by atoms with Crippen molar-refractivity contribution < 1.29 is 8.42 Å². The molecule has 94 valence electrons. The number of rotatable bonds is 3. The minimum Gasteiger partial charge on any atom is -0.207 e. The van der Waals surface area contributed by atoms with Gasteiger partial charge in [0.1, 0.15) is 0 Å². The van der Waals surface area contributed by atoms with Gasteiger partial charge in [-0.25, -0.2) is 8.42 Å². The summed E-state index contributed by atoms with van der Waals surface area (Å²) < 4.78 is 22.6. The third-order valence-corrected chi connectivity index (χ3v) is 4.63. The van der Waals surface area contributed by atoms with Crippen molar-refractivity contribution in [2.75, 3.05) is 6.26 Å². The van der Waals surface area contributed by atoms with Crippen molar-refractivity contribution in [3.8, 4) is 11.1 Å². The molecule has 0 aliphatic carbocycles. The Morgan fingerprint density at radius 3 is 2.22 bits per heavy atom. The van der Waals surface area contributed by atoms with Gasteiger partial charge < -0.3 is 0 Å². The molecule has 0 heterocycles. The molecule has 0 spiro atoms. The van der Waals surface area contributed by atoms with Crippen LogP contribution >= 0.6 is 22.4 Å². The van der Waals surface area contributed by atoms with Crippen molar-refractivity contribution >= 4 is 31.5 Å². The Balaban J connectivity index is 2.44. The quantitative estimate of drug-likeness (QED) is 0.634. The predicted molar refractivity (Wildman–Crippen MR) is 76.7 cm³/mol. The van der Waals surface area contributed by atoms with Crippen LogP contribution in [0.25, 0.3) is 11.1 Å². The molecule has 0 aromatic heterocycles. The lowest BCUT2D eigenvalue weighted by molar-refractivity contribution is 0.609. The maximum Gasteiger partial charge on any atom is 0.261 e. The molecule has 0 amide bonds. The standard InChI is InChI=1S/C13H11ClO2S2/c1-17-12-7-5-10(6-8-12)11-3-2-4-13(9-11)18(14,15)16/h2-9H,1H3. The van der Waals surface area contributed by atoms with Gasteiger partial charge in [-0.1, -0.05) is 24.3 Å². The van der Waals surface area contributed by atoms with Gasteiger partial charge in [0.15, 0.2) is 0 Å². The van der Waals surface area contributed by atoms with E-state index in [0.717, 1.165) is 11.1 Å². The molecule has 2 aromatic carbocycles. The summed E-state index contributed by atoms with van der Waals surface area (Å²) in [6.07, 6.45) is 2.01. The number of hydrogen-bond donors (Lipinski definition) is 0. The molecule has 0 aliphatic rings. The van der Waals surface area contributed by atoms with Crippen molar-refractivity contribution in [2.24, 2.45) is 0 Å². The van der Waals surface area contributed by atoms with Crippen LogP contribution in [0.1, 0.15) is 0 Å². The molecular weight excluding hydrogens is 288 g/mol. The van der Waals surface area contributed by atoms with Gasteiger partial charge in [0, 0.05) is 15.6 Å². The largest absolute Gasteiger partial charge is 0.261 e. The van der Waals surface area contributed by atoms with E-state index < -0.39 is 9.05 Å². The van der Waals surface area contributed by atoms with E-state index in [0.29, 0.717) is 0 Å². The Morgan fingerprint density at radius 1 is 1.00 bits per heavy atom. The molecule has 0 bridgehead atoms. The van der Waals surface area contributed by atoms with E-state index in [1.807, 2.05) is 36.6 Å². The summed E-state index contributed by atoms with van der Waals surface area (Å²) in [4.78, 5) is 1.29. The van der Waals surface area contributed by atoms with Crippen LogP contribution in [-0.2, 0) is 9.05 Å². The first-order valence-electron chi connectivity index (χ1n) is 5.20. The average molecular weight is 299 g/mol. The second-order valence-electron chi connectivity index (χ2n) is 3.69. The summed E-state index contributed by atoms with van der Waals surface area (Å²) >= 11 is 1.66. The van der Waals surface area contributed by atoms with E-state index >= 15 is 0 Å². The first-order chi connectivity index (χ1) is 8.50. The Labute approximate surface area is 115 Å². The van der Waals surface area contributed by atoms with Crippen molar-refractivity contribution in [3.63, 3.8) is 0 Å². The molecule has 0 aliphatic heterocycles. The van der Waals surface area contributed by atoms with Crippen LogP contribution in [0.4, 0.5) is 0 Å². The summed E-state index contributed by atoms with van der Waals surface area (Å²) in [5.74, 6) is 0. The van der Waals surface area contributed by atoms with Gasteiger partial charge in [-0.2, -0.15) is 0 Å².